The highest BCUT2D eigenvalue weighted by atomic mass is 16.5. The lowest BCUT2D eigenvalue weighted by Crippen LogP contribution is -2.35. The lowest BCUT2D eigenvalue weighted by molar-refractivity contribution is 0.0696. The quantitative estimate of drug-likeness (QED) is 0.334. The first-order valence-corrected chi connectivity index (χ1v) is 11.1. The normalized spacial score (nSPS) is 12.8. The largest absolute Gasteiger partial charge is 0.508 e. The fourth-order valence-corrected chi connectivity index (χ4v) is 3.80. The molecule has 0 bridgehead atoms. The van der Waals surface area contributed by atoms with Crippen LogP contribution in [0.1, 0.15) is 47.0 Å². The van der Waals surface area contributed by atoms with Gasteiger partial charge in [0.2, 0.25) is 0 Å². The molecule has 33 heavy (non-hydrogen) atoms. The Bertz CT molecular complexity index is 1090. The summed E-state index contributed by atoms with van der Waals surface area (Å²) < 4.78 is 5.93. The Hall–Kier alpha value is -3.35. The first-order valence-electron chi connectivity index (χ1n) is 11.1. The number of aryl methyl sites for hydroxylation is 2. The summed E-state index contributed by atoms with van der Waals surface area (Å²) in [5.41, 5.74) is 5.07. The second kappa shape index (κ2) is 11.0. The average Bonchev–Trinajstić information content (AvgIpc) is 2.82. The van der Waals surface area contributed by atoms with Crippen molar-refractivity contribution in [3.8, 4) is 22.6 Å². The number of nitrogens with one attached hydrogen (secondary N) is 1. The number of ether oxygens (including phenoxy) is 1. The van der Waals surface area contributed by atoms with Crippen LogP contribution < -0.4 is 10.1 Å². The van der Waals surface area contributed by atoms with Crippen molar-refractivity contribution in [2.45, 2.75) is 39.3 Å². The molecule has 6 nitrogen and oxygen atoms in total. The van der Waals surface area contributed by atoms with E-state index in [0.29, 0.717) is 18.7 Å². The van der Waals surface area contributed by atoms with Crippen LogP contribution in [0.3, 0.4) is 0 Å². The molecule has 3 aromatic rings. The van der Waals surface area contributed by atoms with Gasteiger partial charge in [-0.15, -0.1) is 0 Å². The molecule has 0 aliphatic carbocycles. The number of hydrogen-bond acceptors (Lipinski definition) is 5. The van der Waals surface area contributed by atoms with Crippen molar-refractivity contribution >= 4 is 5.97 Å². The number of phenolic OH excluding ortho intramolecular Hbond substituents is 1. The van der Waals surface area contributed by atoms with Gasteiger partial charge >= 0.3 is 5.97 Å². The fraction of sp³-hybridized carbons (Fsp3) is 0.296. The number of carbonyl (C=O) groups is 1. The monoisotopic (exact) mass is 449 g/mol. The van der Waals surface area contributed by atoms with Crippen LogP contribution in [0.25, 0.3) is 11.1 Å². The highest BCUT2D eigenvalue weighted by Gasteiger charge is 2.16. The predicted octanol–water partition coefficient (Wildman–Crippen LogP) is 4.72. The number of phenols is 1. The van der Waals surface area contributed by atoms with Crippen molar-refractivity contribution in [1.82, 2.24) is 5.32 Å². The molecule has 0 radical (unpaired) electrons. The first-order chi connectivity index (χ1) is 15.8. The van der Waals surface area contributed by atoms with Gasteiger partial charge in [-0.2, -0.15) is 0 Å². The maximum absolute atomic E-state index is 11.3. The Morgan fingerprint density at radius 2 is 1.79 bits per heavy atom. The van der Waals surface area contributed by atoms with Gasteiger partial charge in [-0.3, -0.25) is 0 Å². The Morgan fingerprint density at radius 1 is 1.06 bits per heavy atom. The third-order valence-electron chi connectivity index (χ3n) is 5.75. The minimum Gasteiger partial charge on any atom is -0.508 e. The van der Waals surface area contributed by atoms with Crippen LogP contribution in [0.15, 0.2) is 60.7 Å². The van der Waals surface area contributed by atoms with Gasteiger partial charge in [-0.1, -0.05) is 31.2 Å². The second-order valence-electron chi connectivity index (χ2n) is 8.14. The molecule has 2 atom stereocenters. The van der Waals surface area contributed by atoms with Crippen molar-refractivity contribution in [3.05, 3.63) is 82.9 Å². The number of aliphatic hydroxyl groups is 1. The first kappa shape index (κ1) is 24.3. The highest BCUT2D eigenvalue weighted by Crippen LogP contribution is 2.30. The molecule has 0 heterocycles. The second-order valence-corrected chi connectivity index (χ2v) is 8.14. The minimum absolute atomic E-state index is 0.171. The molecule has 3 rings (SSSR count). The molecule has 0 amide bonds. The van der Waals surface area contributed by atoms with E-state index in [1.165, 1.54) is 0 Å². The van der Waals surface area contributed by atoms with Crippen molar-refractivity contribution in [1.29, 1.82) is 0 Å². The van der Waals surface area contributed by atoms with Crippen LogP contribution >= 0.6 is 0 Å². The number of aromatic hydroxyl groups is 1. The molecular weight excluding hydrogens is 418 g/mol. The molecule has 0 saturated carbocycles. The van der Waals surface area contributed by atoms with Gasteiger partial charge in [-0.25, -0.2) is 4.79 Å². The molecule has 0 saturated heterocycles. The Labute approximate surface area is 194 Å². The zero-order valence-electron chi connectivity index (χ0n) is 19.2. The van der Waals surface area contributed by atoms with Gasteiger partial charge in [-0.05, 0) is 84.5 Å². The Kier molecular flexibility index (Phi) is 8.09. The summed E-state index contributed by atoms with van der Waals surface area (Å²) in [4.78, 5) is 11.3. The molecule has 0 unspecified atom stereocenters. The van der Waals surface area contributed by atoms with E-state index in [0.717, 1.165) is 40.0 Å². The van der Waals surface area contributed by atoms with Gasteiger partial charge in [0.1, 0.15) is 18.1 Å². The van der Waals surface area contributed by atoms with Gasteiger partial charge in [0, 0.05) is 12.6 Å². The molecular formula is C27H31NO5. The van der Waals surface area contributed by atoms with Crippen LogP contribution in [0.5, 0.6) is 11.5 Å². The molecule has 0 aromatic heterocycles. The van der Waals surface area contributed by atoms with E-state index in [9.17, 15) is 20.1 Å². The number of benzene rings is 3. The molecule has 0 aliphatic rings. The number of carboxylic acid groups (broad SMARTS) is 1. The van der Waals surface area contributed by atoms with E-state index in [1.54, 1.807) is 36.4 Å². The smallest absolute Gasteiger partial charge is 0.335 e. The average molecular weight is 450 g/mol. The van der Waals surface area contributed by atoms with Crippen LogP contribution in [-0.4, -0.2) is 40.5 Å². The van der Waals surface area contributed by atoms with Crippen LogP contribution in [0.4, 0.5) is 0 Å². The van der Waals surface area contributed by atoms with Gasteiger partial charge < -0.3 is 25.4 Å². The Morgan fingerprint density at radius 3 is 2.42 bits per heavy atom. The van der Waals surface area contributed by atoms with E-state index < -0.39 is 12.1 Å². The van der Waals surface area contributed by atoms with Gasteiger partial charge in [0.15, 0.2) is 0 Å². The number of aromatic carboxylic acids is 1. The molecule has 0 fully saturated rings. The third kappa shape index (κ3) is 6.12. The van der Waals surface area contributed by atoms with Crippen molar-refractivity contribution < 1.29 is 24.9 Å². The van der Waals surface area contributed by atoms with Crippen molar-refractivity contribution in [3.63, 3.8) is 0 Å². The van der Waals surface area contributed by atoms with E-state index in [1.807, 2.05) is 39.0 Å². The number of hydrogen-bond donors (Lipinski definition) is 4. The summed E-state index contributed by atoms with van der Waals surface area (Å²) in [6.07, 6.45) is 0.0556. The summed E-state index contributed by atoms with van der Waals surface area (Å²) in [6, 6.07) is 17.6. The lowest BCUT2D eigenvalue weighted by atomic mass is 9.95. The lowest BCUT2D eigenvalue weighted by Gasteiger charge is -2.21. The summed E-state index contributed by atoms with van der Waals surface area (Å²) in [5, 5.41) is 32.3. The third-order valence-corrected chi connectivity index (χ3v) is 5.75. The summed E-state index contributed by atoms with van der Waals surface area (Å²) in [7, 11) is 0. The van der Waals surface area contributed by atoms with E-state index >= 15 is 0 Å². The van der Waals surface area contributed by atoms with E-state index in [4.69, 9.17) is 4.74 Å². The number of rotatable bonds is 10. The van der Waals surface area contributed by atoms with E-state index in [2.05, 4.69) is 11.4 Å². The molecule has 174 valence electrons. The zero-order chi connectivity index (χ0) is 24.0. The molecule has 4 N–H and O–H groups in total. The summed E-state index contributed by atoms with van der Waals surface area (Å²) >= 11 is 0. The predicted molar refractivity (Wildman–Crippen MR) is 129 cm³/mol. The SMILES string of the molecule is CCc1cc(C(=O)O)ccc1-c1ccc(OCCN[C@@H](C)[C@H](O)c2ccc(O)cc2)c(C)c1. The van der Waals surface area contributed by atoms with Crippen LogP contribution in [0.2, 0.25) is 0 Å². The van der Waals surface area contributed by atoms with Crippen LogP contribution in [-0.2, 0) is 6.42 Å². The molecule has 6 heteroatoms. The fourth-order valence-electron chi connectivity index (χ4n) is 3.80. The van der Waals surface area contributed by atoms with Crippen LogP contribution in [0, 0.1) is 6.92 Å². The maximum Gasteiger partial charge on any atom is 0.335 e. The van der Waals surface area contributed by atoms with Gasteiger partial charge in [0.05, 0.1) is 11.7 Å². The van der Waals surface area contributed by atoms with Crippen molar-refractivity contribution in [2.75, 3.05) is 13.2 Å². The number of aliphatic hydroxyl groups excluding tert-OH is 1. The topological polar surface area (TPSA) is 99.0 Å². The number of carboxylic acids is 1. The summed E-state index contributed by atoms with van der Waals surface area (Å²) in [5.74, 6) is 0.0340. The van der Waals surface area contributed by atoms with E-state index in [-0.39, 0.29) is 11.8 Å². The molecule has 0 spiro atoms. The molecule has 3 aromatic carbocycles. The zero-order valence-corrected chi connectivity index (χ0v) is 19.2. The standard InChI is InChI=1S/C27H31NO5/c1-4-19-16-22(27(31)32)7-11-24(19)21-8-12-25(17(2)15-21)33-14-13-28-18(3)26(30)20-5-9-23(29)10-6-20/h5-12,15-16,18,26,28-30H,4,13-14H2,1-3H3,(H,31,32)/t18-,26-/m0/s1. The Balaban J connectivity index is 1.58. The highest BCUT2D eigenvalue weighted by molar-refractivity contribution is 5.89. The maximum atomic E-state index is 11.3. The van der Waals surface area contributed by atoms with Gasteiger partial charge in [0.25, 0.3) is 0 Å². The molecule has 0 aliphatic heterocycles. The van der Waals surface area contributed by atoms with Crippen molar-refractivity contribution in [2.24, 2.45) is 0 Å². The minimum atomic E-state index is -0.922. The summed E-state index contributed by atoms with van der Waals surface area (Å²) in [6.45, 7) is 6.91.